The molecular formula is C23H26ClNO5. The molecule has 1 fully saturated rings. The molecule has 1 aromatic carbocycles. The second-order valence-electron chi connectivity index (χ2n) is 8.24. The molecule has 6 nitrogen and oxygen atoms in total. The number of rotatable bonds is 4. The van der Waals surface area contributed by atoms with Crippen LogP contribution in [-0.4, -0.2) is 35.8 Å². The molecule has 0 spiro atoms. The second-order valence-corrected chi connectivity index (χ2v) is 8.65. The fourth-order valence-electron chi connectivity index (χ4n) is 4.84. The van der Waals surface area contributed by atoms with Crippen LogP contribution in [0.15, 0.2) is 28.4 Å². The molecule has 1 N–H and O–H groups in total. The molecule has 0 amide bonds. The number of carbonyl (C=O) groups excluding carboxylic acids is 2. The number of allylic oxidation sites excluding steroid dienone is 2. The molecule has 0 saturated heterocycles. The van der Waals surface area contributed by atoms with Crippen LogP contribution in [0.5, 0.6) is 11.5 Å². The van der Waals surface area contributed by atoms with Crippen LogP contribution in [0, 0.1) is 5.92 Å². The number of benzene rings is 1. The number of aliphatic imine (C=N–C) groups is 1. The van der Waals surface area contributed by atoms with Crippen molar-refractivity contribution in [1.82, 2.24) is 0 Å². The number of esters is 1. The van der Waals surface area contributed by atoms with Crippen molar-refractivity contribution in [3.63, 3.8) is 0 Å². The lowest BCUT2D eigenvalue weighted by atomic mass is 9.71. The fourth-order valence-corrected chi connectivity index (χ4v) is 5.06. The number of phenolic OH excluding ortho intramolecular Hbond substituents is 1. The summed E-state index contributed by atoms with van der Waals surface area (Å²) in [7, 11) is 1.44. The van der Waals surface area contributed by atoms with Crippen molar-refractivity contribution in [3.8, 4) is 11.5 Å². The minimum absolute atomic E-state index is 0.000620. The Balaban J connectivity index is 1.81. The maximum atomic E-state index is 13.3. The van der Waals surface area contributed by atoms with Gasteiger partial charge in [0.2, 0.25) is 0 Å². The highest BCUT2D eigenvalue weighted by Gasteiger charge is 2.44. The highest BCUT2D eigenvalue weighted by molar-refractivity contribution is 6.32. The lowest BCUT2D eigenvalue weighted by molar-refractivity contribution is -0.151. The Morgan fingerprint density at radius 1 is 1.20 bits per heavy atom. The van der Waals surface area contributed by atoms with Crippen LogP contribution in [0.4, 0.5) is 0 Å². The molecule has 2 atom stereocenters. The van der Waals surface area contributed by atoms with Gasteiger partial charge in [-0.25, -0.2) is 0 Å². The minimum atomic E-state index is -0.711. The smallest absolute Gasteiger partial charge is 0.315 e. The van der Waals surface area contributed by atoms with E-state index >= 15 is 0 Å². The second kappa shape index (κ2) is 8.42. The zero-order chi connectivity index (χ0) is 21.4. The van der Waals surface area contributed by atoms with Crippen LogP contribution >= 0.6 is 11.6 Å². The van der Waals surface area contributed by atoms with Gasteiger partial charge in [-0.05, 0) is 63.1 Å². The van der Waals surface area contributed by atoms with Gasteiger partial charge in [-0.1, -0.05) is 11.6 Å². The lowest BCUT2D eigenvalue weighted by Crippen LogP contribution is -2.38. The van der Waals surface area contributed by atoms with E-state index in [0.29, 0.717) is 29.7 Å². The molecule has 3 aliphatic rings. The summed E-state index contributed by atoms with van der Waals surface area (Å²) in [4.78, 5) is 30.9. The Morgan fingerprint density at radius 3 is 2.63 bits per heavy atom. The predicted molar refractivity (Wildman–Crippen MR) is 113 cm³/mol. The third-order valence-electron chi connectivity index (χ3n) is 6.30. The summed E-state index contributed by atoms with van der Waals surface area (Å²) < 4.78 is 11.1. The van der Waals surface area contributed by atoms with Crippen molar-refractivity contribution in [1.29, 1.82) is 0 Å². The van der Waals surface area contributed by atoms with E-state index in [1.807, 2.05) is 6.92 Å². The molecule has 30 heavy (non-hydrogen) atoms. The third kappa shape index (κ3) is 3.73. The number of nitrogens with zero attached hydrogens (tertiary/aromatic N) is 1. The van der Waals surface area contributed by atoms with Gasteiger partial charge in [-0.15, -0.1) is 0 Å². The largest absolute Gasteiger partial charge is 0.503 e. The van der Waals surface area contributed by atoms with Gasteiger partial charge in [0.25, 0.3) is 0 Å². The summed E-state index contributed by atoms with van der Waals surface area (Å²) >= 11 is 6.25. The number of aromatic hydroxyl groups is 1. The van der Waals surface area contributed by atoms with Crippen LogP contribution in [0.3, 0.4) is 0 Å². The molecule has 0 radical (unpaired) electrons. The number of halogens is 1. The van der Waals surface area contributed by atoms with E-state index in [0.717, 1.165) is 37.8 Å². The summed E-state index contributed by atoms with van der Waals surface area (Å²) in [6.45, 7) is 1.82. The first kappa shape index (κ1) is 20.9. The summed E-state index contributed by atoms with van der Waals surface area (Å²) in [6, 6.07) is 3.25. The van der Waals surface area contributed by atoms with E-state index in [1.54, 1.807) is 12.1 Å². The fraction of sp³-hybridized carbons (Fsp3) is 0.522. The standard InChI is InChI=1S/C23H26ClNO5/c1-12-19(23(28)30-14-6-3-4-7-14)20(21-16(25-12)8-5-9-17(21)26)13-10-15(24)22(27)18(11-13)29-2/h10-11,14,19-20,27H,3-9H2,1-2H3/t19?,20-/m1/s1. The first-order chi connectivity index (χ1) is 14.4. The molecule has 1 unspecified atom stereocenters. The summed E-state index contributed by atoms with van der Waals surface area (Å²) in [5.41, 5.74) is 2.57. The number of methoxy groups -OCH3 is 1. The molecule has 0 bridgehead atoms. The molecular weight excluding hydrogens is 406 g/mol. The van der Waals surface area contributed by atoms with Crippen molar-refractivity contribution >= 4 is 29.1 Å². The van der Waals surface area contributed by atoms with Crippen molar-refractivity contribution in [2.45, 2.75) is 63.9 Å². The highest BCUT2D eigenvalue weighted by atomic mass is 35.5. The van der Waals surface area contributed by atoms with Crippen LogP contribution in [0.1, 0.15) is 63.4 Å². The zero-order valence-electron chi connectivity index (χ0n) is 17.2. The van der Waals surface area contributed by atoms with Gasteiger partial charge < -0.3 is 14.6 Å². The molecule has 7 heteroatoms. The lowest BCUT2D eigenvalue weighted by Gasteiger charge is -2.35. The van der Waals surface area contributed by atoms with Crippen molar-refractivity contribution < 1.29 is 24.2 Å². The van der Waals surface area contributed by atoms with Gasteiger partial charge in [0.1, 0.15) is 12.0 Å². The van der Waals surface area contributed by atoms with Gasteiger partial charge in [-0.3, -0.25) is 14.6 Å². The molecule has 1 aromatic rings. The normalized spacial score (nSPS) is 24.5. The Morgan fingerprint density at radius 2 is 1.93 bits per heavy atom. The third-order valence-corrected chi connectivity index (χ3v) is 6.59. The van der Waals surface area contributed by atoms with Crippen molar-refractivity contribution in [2.24, 2.45) is 10.9 Å². The Kier molecular flexibility index (Phi) is 5.87. The molecule has 1 heterocycles. The number of hydrogen-bond donors (Lipinski definition) is 1. The van der Waals surface area contributed by atoms with Crippen LogP contribution in [-0.2, 0) is 14.3 Å². The number of phenols is 1. The first-order valence-corrected chi connectivity index (χ1v) is 10.9. The van der Waals surface area contributed by atoms with Crippen LogP contribution in [0.2, 0.25) is 5.02 Å². The average molecular weight is 432 g/mol. The number of ketones is 1. The first-order valence-electron chi connectivity index (χ1n) is 10.5. The summed E-state index contributed by atoms with van der Waals surface area (Å²) in [5, 5.41) is 10.3. The monoisotopic (exact) mass is 431 g/mol. The average Bonchev–Trinajstić information content (AvgIpc) is 3.22. The van der Waals surface area contributed by atoms with Crippen LogP contribution in [0.25, 0.3) is 0 Å². The highest BCUT2D eigenvalue weighted by Crippen LogP contribution is 2.47. The molecule has 160 valence electrons. The molecule has 0 aromatic heterocycles. The molecule has 1 aliphatic heterocycles. The van der Waals surface area contributed by atoms with Gasteiger partial charge in [0.15, 0.2) is 17.3 Å². The van der Waals surface area contributed by atoms with Gasteiger partial charge in [0.05, 0.1) is 12.1 Å². The number of ether oxygens (including phenoxy) is 2. The molecule has 1 saturated carbocycles. The quantitative estimate of drug-likeness (QED) is 0.697. The maximum Gasteiger partial charge on any atom is 0.315 e. The maximum absolute atomic E-state index is 13.3. The predicted octanol–water partition coefficient (Wildman–Crippen LogP) is 4.72. The molecule has 2 aliphatic carbocycles. The Bertz CT molecular complexity index is 945. The van der Waals surface area contributed by atoms with E-state index in [4.69, 9.17) is 21.1 Å². The van der Waals surface area contributed by atoms with E-state index in [2.05, 4.69) is 4.99 Å². The topological polar surface area (TPSA) is 85.2 Å². The van der Waals surface area contributed by atoms with E-state index in [1.165, 1.54) is 7.11 Å². The minimum Gasteiger partial charge on any atom is -0.503 e. The van der Waals surface area contributed by atoms with E-state index < -0.39 is 11.8 Å². The van der Waals surface area contributed by atoms with Gasteiger partial charge in [0, 0.05) is 29.3 Å². The Hall–Kier alpha value is -2.34. The summed E-state index contributed by atoms with van der Waals surface area (Å²) in [5.74, 6) is -1.60. The summed E-state index contributed by atoms with van der Waals surface area (Å²) in [6.07, 6.45) is 5.63. The SMILES string of the molecule is COc1cc([C@H]2C3=C(CCCC3=O)N=C(C)C2C(=O)OC2CCCC2)cc(Cl)c1O. The van der Waals surface area contributed by atoms with Crippen molar-refractivity contribution in [3.05, 3.63) is 34.0 Å². The number of Topliss-reactive ketones (excluding diaryl/α,β-unsaturated/α-hetero) is 1. The zero-order valence-corrected chi connectivity index (χ0v) is 18.0. The number of hydrogen-bond acceptors (Lipinski definition) is 6. The molecule has 4 rings (SSSR count). The van der Waals surface area contributed by atoms with E-state index in [-0.39, 0.29) is 34.4 Å². The van der Waals surface area contributed by atoms with E-state index in [9.17, 15) is 14.7 Å². The number of carbonyl (C=O) groups is 2. The van der Waals surface area contributed by atoms with Crippen molar-refractivity contribution in [2.75, 3.05) is 7.11 Å². The van der Waals surface area contributed by atoms with Gasteiger partial charge >= 0.3 is 5.97 Å². The Labute approximate surface area is 180 Å². The van der Waals surface area contributed by atoms with Gasteiger partial charge in [-0.2, -0.15) is 0 Å². The van der Waals surface area contributed by atoms with Crippen LogP contribution < -0.4 is 4.74 Å².